The number of benzene rings is 1. The molecule has 1 aliphatic heterocycles. The highest BCUT2D eigenvalue weighted by atomic mass is 32.2. The van der Waals surface area contributed by atoms with Gasteiger partial charge in [-0.2, -0.15) is 0 Å². The predicted molar refractivity (Wildman–Crippen MR) is 95.2 cm³/mol. The zero-order valence-electron chi connectivity index (χ0n) is 14.1. The number of nitrogens with zero attached hydrogens (tertiary/aromatic N) is 4. The maximum Gasteiger partial charge on any atom is 0.191 e. The molecule has 2 heterocycles. The van der Waals surface area contributed by atoms with Gasteiger partial charge in [0.05, 0.1) is 6.10 Å². The molecule has 2 aliphatic rings. The van der Waals surface area contributed by atoms with Crippen LogP contribution in [0.3, 0.4) is 0 Å². The zero-order valence-corrected chi connectivity index (χ0v) is 14.9. The van der Waals surface area contributed by atoms with Gasteiger partial charge in [0.2, 0.25) is 0 Å². The Bertz CT molecular complexity index is 713. The Balaban J connectivity index is 1.31. The average Bonchev–Trinajstić information content (AvgIpc) is 3.36. The predicted octanol–water partition coefficient (Wildman–Crippen LogP) is 2.43. The van der Waals surface area contributed by atoms with Crippen LogP contribution in [0.5, 0.6) is 0 Å². The maximum atomic E-state index is 10.4. The highest BCUT2D eigenvalue weighted by Crippen LogP contribution is 2.38. The number of rotatable bonds is 6. The molecule has 0 saturated heterocycles. The molecule has 2 aromatic rings. The molecule has 0 amide bonds. The van der Waals surface area contributed by atoms with Gasteiger partial charge < -0.3 is 9.67 Å². The first kappa shape index (κ1) is 16.1. The van der Waals surface area contributed by atoms with Gasteiger partial charge in [-0.3, -0.25) is 4.90 Å². The van der Waals surface area contributed by atoms with Crippen LogP contribution in [0.25, 0.3) is 0 Å². The summed E-state index contributed by atoms with van der Waals surface area (Å²) in [5.74, 6) is 1.66. The first-order valence-electron chi connectivity index (χ1n) is 8.72. The maximum absolute atomic E-state index is 10.4. The van der Waals surface area contributed by atoms with E-state index in [4.69, 9.17) is 0 Å². The van der Waals surface area contributed by atoms with Crippen LogP contribution >= 0.6 is 11.8 Å². The van der Waals surface area contributed by atoms with Gasteiger partial charge in [-0.25, -0.2) is 0 Å². The molecule has 1 unspecified atom stereocenters. The van der Waals surface area contributed by atoms with Gasteiger partial charge >= 0.3 is 0 Å². The molecule has 1 N–H and O–H groups in total. The van der Waals surface area contributed by atoms with Crippen LogP contribution in [0.4, 0.5) is 0 Å². The van der Waals surface area contributed by atoms with Gasteiger partial charge in [-0.15, -0.1) is 10.2 Å². The minimum atomic E-state index is -0.343. The summed E-state index contributed by atoms with van der Waals surface area (Å²) in [6, 6.07) is 9.20. The number of hydrogen-bond acceptors (Lipinski definition) is 5. The van der Waals surface area contributed by atoms with E-state index in [1.807, 2.05) is 6.92 Å². The number of hydrogen-bond donors (Lipinski definition) is 1. The van der Waals surface area contributed by atoms with E-state index in [1.165, 1.54) is 24.0 Å². The van der Waals surface area contributed by atoms with Crippen LogP contribution in [0.1, 0.15) is 35.8 Å². The molecular weight excluding hydrogens is 320 g/mol. The molecule has 0 spiro atoms. The first-order valence-corrected chi connectivity index (χ1v) is 9.71. The van der Waals surface area contributed by atoms with Gasteiger partial charge in [0.25, 0.3) is 0 Å². The van der Waals surface area contributed by atoms with E-state index in [1.54, 1.807) is 11.8 Å². The Morgan fingerprint density at radius 3 is 2.83 bits per heavy atom. The van der Waals surface area contributed by atoms with E-state index in [2.05, 4.69) is 43.9 Å². The number of aryl methyl sites for hydroxylation is 1. The molecule has 128 valence electrons. The van der Waals surface area contributed by atoms with Crippen LogP contribution in [-0.4, -0.2) is 49.7 Å². The molecule has 0 bridgehead atoms. The minimum Gasteiger partial charge on any atom is -0.391 e. The summed E-state index contributed by atoms with van der Waals surface area (Å²) in [5, 5.41) is 19.9. The number of fused-ring (bicyclic) bond motifs is 1. The number of aromatic nitrogens is 3. The molecule has 4 rings (SSSR count). The Morgan fingerprint density at radius 1 is 1.25 bits per heavy atom. The van der Waals surface area contributed by atoms with Crippen molar-refractivity contribution < 1.29 is 5.11 Å². The van der Waals surface area contributed by atoms with Gasteiger partial charge in [0.1, 0.15) is 5.82 Å². The van der Waals surface area contributed by atoms with Crippen LogP contribution in [-0.2, 0) is 13.0 Å². The zero-order chi connectivity index (χ0) is 16.5. The van der Waals surface area contributed by atoms with Gasteiger partial charge in [-0.1, -0.05) is 36.0 Å². The fraction of sp³-hybridized carbons (Fsp3) is 0.556. The van der Waals surface area contributed by atoms with Crippen LogP contribution < -0.4 is 0 Å². The molecule has 1 aromatic heterocycles. The van der Waals surface area contributed by atoms with E-state index in [0.29, 0.717) is 11.8 Å². The Morgan fingerprint density at radius 2 is 2.04 bits per heavy atom. The van der Waals surface area contributed by atoms with Crippen LogP contribution in [0, 0.1) is 6.92 Å². The van der Waals surface area contributed by atoms with Crippen molar-refractivity contribution in [1.29, 1.82) is 0 Å². The lowest BCUT2D eigenvalue weighted by Crippen LogP contribution is -2.37. The lowest BCUT2D eigenvalue weighted by Gasteiger charge is -2.30. The topological polar surface area (TPSA) is 54.2 Å². The average molecular weight is 344 g/mol. The largest absolute Gasteiger partial charge is 0.391 e. The molecule has 1 aliphatic carbocycles. The lowest BCUT2D eigenvalue weighted by atomic mass is 10.00. The second-order valence-electron chi connectivity index (χ2n) is 6.85. The quantitative estimate of drug-likeness (QED) is 0.816. The Hall–Kier alpha value is -1.37. The first-order chi connectivity index (χ1) is 11.7. The SMILES string of the molecule is Cc1nnc(SCC(O)CN2CCc3ccccc3C2)n1C1CC1. The van der Waals surface area contributed by atoms with Crippen molar-refractivity contribution in [1.82, 2.24) is 19.7 Å². The van der Waals surface area contributed by atoms with Crippen molar-refractivity contribution >= 4 is 11.8 Å². The van der Waals surface area contributed by atoms with Crippen molar-refractivity contribution in [3.05, 3.63) is 41.2 Å². The van der Waals surface area contributed by atoms with Crippen molar-refractivity contribution in [2.75, 3.05) is 18.8 Å². The summed E-state index contributed by atoms with van der Waals surface area (Å²) in [6.45, 7) is 4.69. The number of aliphatic hydroxyl groups excluding tert-OH is 1. The molecule has 1 fully saturated rings. The van der Waals surface area contributed by atoms with E-state index in [9.17, 15) is 5.11 Å². The fourth-order valence-corrected chi connectivity index (χ4v) is 4.40. The van der Waals surface area contributed by atoms with Crippen molar-refractivity contribution in [2.45, 2.75) is 50.0 Å². The summed E-state index contributed by atoms with van der Waals surface area (Å²) in [5.41, 5.74) is 2.85. The van der Waals surface area contributed by atoms with Crippen molar-refractivity contribution in [3.8, 4) is 0 Å². The smallest absolute Gasteiger partial charge is 0.191 e. The van der Waals surface area contributed by atoms with Crippen LogP contribution in [0.2, 0.25) is 0 Å². The molecular formula is C18H24N4OS. The normalized spacial score (nSPS) is 19.2. The van der Waals surface area contributed by atoms with Gasteiger partial charge in [0.15, 0.2) is 5.16 Å². The van der Waals surface area contributed by atoms with Gasteiger partial charge in [-0.05, 0) is 37.3 Å². The molecule has 6 heteroatoms. The number of aliphatic hydroxyl groups is 1. The Labute approximate surface area is 147 Å². The monoisotopic (exact) mass is 344 g/mol. The molecule has 1 atom stereocenters. The summed E-state index contributed by atoms with van der Waals surface area (Å²) in [6.07, 6.45) is 3.18. The van der Waals surface area contributed by atoms with Crippen molar-refractivity contribution in [2.24, 2.45) is 0 Å². The summed E-state index contributed by atoms with van der Waals surface area (Å²) in [7, 11) is 0. The van der Waals surface area contributed by atoms with E-state index < -0.39 is 0 Å². The Kier molecular flexibility index (Phi) is 4.61. The second kappa shape index (κ2) is 6.86. The third-order valence-corrected chi connectivity index (χ3v) is 5.92. The third kappa shape index (κ3) is 3.50. The van der Waals surface area contributed by atoms with E-state index in [-0.39, 0.29) is 6.10 Å². The minimum absolute atomic E-state index is 0.343. The van der Waals surface area contributed by atoms with Gasteiger partial charge in [0, 0.05) is 31.4 Å². The second-order valence-corrected chi connectivity index (χ2v) is 7.84. The molecule has 1 saturated carbocycles. The highest BCUT2D eigenvalue weighted by Gasteiger charge is 2.28. The van der Waals surface area contributed by atoms with Crippen molar-refractivity contribution in [3.63, 3.8) is 0 Å². The molecule has 24 heavy (non-hydrogen) atoms. The third-order valence-electron chi connectivity index (χ3n) is 4.83. The highest BCUT2D eigenvalue weighted by molar-refractivity contribution is 7.99. The lowest BCUT2D eigenvalue weighted by molar-refractivity contribution is 0.122. The summed E-state index contributed by atoms with van der Waals surface area (Å²) in [4.78, 5) is 2.35. The number of β-amino-alcohol motifs (C(OH)–C–C–N with tert-alkyl or cyclic N) is 1. The van der Waals surface area contributed by atoms with E-state index >= 15 is 0 Å². The fourth-order valence-electron chi connectivity index (χ4n) is 3.43. The molecule has 5 nitrogen and oxygen atoms in total. The van der Waals surface area contributed by atoms with Crippen LogP contribution in [0.15, 0.2) is 29.4 Å². The summed E-state index contributed by atoms with van der Waals surface area (Å²) >= 11 is 1.63. The molecule has 1 aromatic carbocycles. The standard InChI is InChI=1S/C18H24N4OS/c1-13-19-20-18(22(13)16-6-7-16)24-12-17(23)11-21-9-8-14-4-2-3-5-15(14)10-21/h2-5,16-17,23H,6-12H2,1H3. The number of thioether (sulfide) groups is 1. The molecule has 0 radical (unpaired) electrons. The van der Waals surface area contributed by atoms with E-state index in [0.717, 1.165) is 37.0 Å². The summed E-state index contributed by atoms with van der Waals surface area (Å²) < 4.78 is 2.23.